The van der Waals surface area contributed by atoms with Gasteiger partial charge in [0.2, 0.25) is 0 Å². The summed E-state index contributed by atoms with van der Waals surface area (Å²) in [7, 11) is 0. The van der Waals surface area contributed by atoms with Crippen molar-refractivity contribution in [2.45, 2.75) is 32.7 Å². The number of hydrogen-bond donors (Lipinski definition) is 1. The second-order valence-corrected chi connectivity index (χ2v) is 4.54. The van der Waals surface area contributed by atoms with Crippen LogP contribution in [0.1, 0.15) is 31.0 Å². The lowest BCUT2D eigenvalue weighted by atomic mass is 10.1. The molecule has 1 aromatic carbocycles. The number of nitrogens with zero attached hydrogens (tertiary/aromatic N) is 1. The molecule has 0 aliphatic heterocycles. The highest BCUT2D eigenvalue weighted by Gasteiger charge is 2.00. The number of ether oxygens (including phenoxy) is 1. The minimum absolute atomic E-state index is 0.424. The van der Waals surface area contributed by atoms with Crippen molar-refractivity contribution in [2.24, 2.45) is 5.73 Å². The van der Waals surface area contributed by atoms with E-state index in [2.05, 4.69) is 24.0 Å². The van der Waals surface area contributed by atoms with E-state index < -0.39 is 0 Å². The van der Waals surface area contributed by atoms with Crippen molar-refractivity contribution in [2.75, 3.05) is 0 Å². The molecule has 3 nitrogen and oxygen atoms in total. The number of pyridine rings is 1. The Morgan fingerprint density at radius 3 is 2.58 bits per heavy atom. The van der Waals surface area contributed by atoms with Crippen LogP contribution >= 0.6 is 0 Å². The molecule has 2 rings (SSSR count). The topological polar surface area (TPSA) is 48.1 Å². The zero-order valence-corrected chi connectivity index (χ0v) is 11.3. The fourth-order valence-corrected chi connectivity index (χ4v) is 1.87. The van der Waals surface area contributed by atoms with E-state index in [1.807, 2.05) is 24.3 Å². The van der Waals surface area contributed by atoms with Gasteiger partial charge in [-0.3, -0.25) is 4.98 Å². The summed E-state index contributed by atoms with van der Waals surface area (Å²) in [5.74, 6) is 1.62. The van der Waals surface area contributed by atoms with Crippen LogP contribution < -0.4 is 10.5 Å². The number of hydrogen-bond acceptors (Lipinski definition) is 3. The van der Waals surface area contributed by atoms with E-state index in [1.165, 1.54) is 18.4 Å². The second-order valence-electron chi connectivity index (χ2n) is 4.54. The van der Waals surface area contributed by atoms with Crippen molar-refractivity contribution in [1.29, 1.82) is 0 Å². The van der Waals surface area contributed by atoms with Crippen LogP contribution in [-0.4, -0.2) is 4.98 Å². The Morgan fingerprint density at radius 1 is 1.11 bits per heavy atom. The van der Waals surface area contributed by atoms with Crippen molar-refractivity contribution in [3.05, 3.63) is 53.9 Å². The highest BCUT2D eigenvalue weighted by molar-refractivity contribution is 5.33. The van der Waals surface area contributed by atoms with Crippen molar-refractivity contribution in [3.8, 4) is 11.5 Å². The summed E-state index contributed by atoms with van der Waals surface area (Å²) in [6.07, 6.45) is 5.29. The molecule has 0 aliphatic carbocycles. The summed E-state index contributed by atoms with van der Waals surface area (Å²) in [6, 6.07) is 12.0. The van der Waals surface area contributed by atoms with Crippen LogP contribution in [0.2, 0.25) is 0 Å². The first-order chi connectivity index (χ1) is 9.31. The quantitative estimate of drug-likeness (QED) is 0.857. The average molecular weight is 256 g/mol. The number of aromatic nitrogens is 1. The van der Waals surface area contributed by atoms with Gasteiger partial charge in [-0.05, 0) is 36.6 Å². The van der Waals surface area contributed by atoms with Crippen LogP contribution in [0.5, 0.6) is 11.5 Å². The highest BCUT2D eigenvalue weighted by atomic mass is 16.5. The summed E-state index contributed by atoms with van der Waals surface area (Å²) < 4.78 is 5.78. The van der Waals surface area contributed by atoms with Crippen LogP contribution in [-0.2, 0) is 13.0 Å². The molecule has 19 heavy (non-hydrogen) atoms. The average Bonchev–Trinajstić information content (AvgIpc) is 2.47. The van der Waals surface area contributed by atoms with Crippen LogP contribution in [0.25, 0.3) is 0 Å². The van der Waals surface area contributed by atoms with Crippen LogP contribution in [0, 0.1) is 0 Å². The standard InChI is InChI=1S/C16H20N2O/c1-2-3-4-13-5-7-15(8-6-13)19-16-9-10-18-14(11-16)12-17/h5-11H,2-4,12,17H2,1H3. The Hall–Kier alpha value is -1.87. The van der Waals surface area contributed by atoms with Crippen LogP contribution in [0.3, 0.4) is 0 Å². The molecule has 0 aliphatic rings. The molecule has 0 spiro atoms. The van der Waals surface area contributed by atoms with Gasteiger partial charge >= 0.3 is 0 Å². The van der Waals surface area contributed by atoms with E-state index >= 15 is 0 Å². The zero-order chi connectivity index (χ0) is 13.5. The van der Waals surface area contributed by atoms with Gasteiger partial charge in [-0.15, -0.1) is 0 Å². The SMILES string of the molecule is CCCCc1ccc(Oc2ccnc(CN)c2)cc1. The monoisotopic (exact) mass is 256 g/mol. The van der Waals surface area contributed by atoms with Crippen molar-refractivity contribution in [1.82, 2.24) is 4.98 Å². The maximum atomic E-state index is 5.78. The van der Waals surface area contributed by atoms with E-state index in [1.54, 1.807) is 6.20 Å². The van der Waals surface area contributed by atoms with Gasteiger partial charge in [0.25, 0.3) is 0 Å². The normalized spacial score (nSPS) is 10.4. The van der Waals surface area contributed by atoms with Crippen molar-refractivity contribution in [3.63, 3.8) is 0 Å². The fourth-order valence-electron chi connectivity index (χ4n) is 1.87. The Morgan fingerprint density at radius 2 is 1.89 bits per heavy atom. The molecular formula is C16H20N2O. The fraction of sp³-hybridized carbons (Fsp3) is 0.312. The summed E-state index contributed by atoms with van der Waals surface area (Å²) in [4.78, 5) is 4.14. The first-order valence-electron chi connectivity index (χ1n) is 6.73. The minimum atomic E-state index is 0.424. The molecule has 1 heterocycles. The molecule has 1 aromatic heterocycles. The lowest BCUT2D eigenvalue weighted by Crippen LogP contribution is -1.99. The van der Waals surface area contributed by atoms with Gasteiger partial charge in [-0.25, -0.2) is 0 Å². The summed E-state index contributed by atoms with van der Waals surface area (Å²) in [6.45, 7) is 2.63. The van der Waals surface area contributed by atoms with Crippen molar-refractivity contribution >= 4 is 0 Å². The van der Waals surface area contributed by atoms with Gasteiger partial charge in [0.15, 0.2) is 0 Å². The molecule has 0 fully saturated rings. The van der Waals surface area contributed by atoms with E-state index in [-0.39, 0.29) is 0 Å². The molecule has 0 unspecified atom stereocenters. The van der Waals surface area contributed by atoms with Gasteiger partial charge in [0.05, 0.1) is 5.69 Å². The smallest absolute Gasteiger partial charge is 0.130 e. The lowest BCUT2D eigenvalue weighted by Gasteiger charge is -2.07. The molecule has 2 N–H and O–H groups in total. The molecular weight excluding hydrogens is 236 g/mol. The first-order valence-corrected chi connectivity index (χ1v) is 6.73. The lowest BCUT2D eigenvalue weighted by molar-refractivity contribution is 0.480. The molecule has 0 atom stereocenters. The Labute approximate surface area is 114 Å². The molecule has 3 heteroatoms. The number of benzene rings is 1. The van der Waals surface area contributed by atoms with Gasteiger partial charge in [-0.1, -0.05) is 25.5 Å². The number of rotatable bonds is 6. The molecule has 0 saturated heterocycles. The third-order valence-corrected chi connectivity index (χ3v) is 2.98. The van der Waals surface area contributed by atoms with E-state index in [0.717, 1.165) is 23.6 Å². The van der Waals surface area contributed by atoms with Crippen LogP contribution in [0.4, 0.5) is 0 Å². The highest BCUT2D eigenvalue weighted by Crippen LogP contribution is 2.22. The molecule has 0 saturated carbocycles. The maximum absolute atomic E-state index is 5.78. The largest absolute Gasteiger partial charge is 0.457 e. The zero-order valence-electron chi connectivity index (χ0n) is 11.3. The van der Waals surface area contributed by atoms with E-state index in [9.17, 15) is 0 Å². The third-order valence-electron chi connectivity index (χ3n) is 2.98. The van der Waals surface area contributed by atoms with Gasteiger partial charge in [0, 0.05) is 18.8 Å². The van der Waals surface area contributed by atoms with Gasteiger partial charge in [-0.2, -0.15) is 0 Å². The first kappa shape index (κ1) is 13.6. The minimum Gasteiger partial charge on any atom is -0.457 e. The molecule has 0 amide bonds. The molecule has 0 radical (unpaired) electrons. The van der Waals surface area contributed by atoms with E-state index in [4.69, 9.17) is 10.5 Å². The molecule has 0 bridgehead atoms. The summed E-state index contributed by atoms with van der Waals surface area (Å²) in [5.41, 5.74) is 7.74. The molecule has 100 valence electrons. The Balaban J connectivity index is 2.02. The summed E-state index contributed by atoms with van der Waals surface area (Å²) >= 11 is 0. The van der Waals surface area contributed by atoms with Crippen LogP contribution in [0.15, 0.2) is 42.6 Å². The summed E-state index contributed by atoms with van der Waals surface area (Å²) in [5, 5.41) is 0. The number of aryl methyl sites for hydroxylation is 1. The Bertz CT molecular complexity index is 508. The predicted octanol–water partition coefficient (Wildman–Crippen LogP) is 3.68. The van der Waals surface area contributed by atoms with Crippen molar-refractivity contribution < 1.29 is 4.74 Å². The number of unbranched alkanes of at least 4 members (excludes halogenated alkanes) is 1. The predicted molar refractivity (Wildman–Crippen MR) is 77.3 cm³/mol. The Kier molecular flexibility index (Phi) is 4.93. The van der Waals surface area contributed by atoms with Gasteiger partial charge < -0.3 is 10.5 Å². The second kappa shape index (κ2) is 6.90. The molecule has 2 aromatic rings. The number of nitrogens with two attached hydrogens (primary N) is 1. The van der Waals surface area contributed by atoms with Gasteiger partial charge in [0.1, 0.15) is 11.5 Å². The third kappa shape index (κ3) is 4.07. The maximum Gasteiger partial charge on any atom is 0.130 e. The van der Waals surface area contributed by atoms with E-state index in [0.29, 0.717) is 6.54 Å².